The first kappa shape index (κ1) is 28.4. The van der Waals surface area contributed by atoms with Gasteiger partial charge in [-0.2, -0.15) is 0 Å². The van der Waals surface area contributed by atoms with Gasteiger partial charge in [-0.3, -0.25) is 4.79 Å². The summed E-state index contributed by atoms with van der Waals surface area (Å²) in [5.74, 6) is 1.16. The predicted octanol–water partition coefficient (Wildman–Crippen LogP) is 8.70. The zero-order valence-electron chi connectivity index (χ0n) is 24.6. The molecule has 0 bridgehead atoms. The minimum Gasteiger partial charge on any atom is -0.364 e. The third-order valence-electron chi connectivity index (χ3n) is 7.68. The van der Waals surface area contributed by atoms with Crippen LogP contribution < -0.4 is 9.62 Å². The number of rotatable bonds is 9. The molecule has 0 atom stereocenters. The normalized spacial score (nSPS) is 13.5. The Hall–Kier alpha value is -3.60. The van der Waals surface area contributed by atoms with Gasteiger partial charge in [0.25, 0.3) is 0 Å². The van der Waals surface area contributed by atoms with Gasteiger partial charge in [-0.05, 0) is 45.9 Å². The van der Waals surface area contributed by atoms with E-state index in [0.717, 1.165) is 17.7 Å². The summed E-state index contributed by atoms with van der Waals surface area (Å²) in [5.41, 5.74) is 8.26. The summed E-state index contributed by atoms with van der Waals surface area (Å²) in [7, 11) is 0. The van der Waals surface area contributed by atoms with E-state index in [1.165, 1.54) is 22.3 Å². The summed E-state index contributed by atoms with van der Waals surface area (Å²) in [6.45, 7) is 17.1. The molecule has 0 spiro atoms. The van der Waals surface area contributed by atoms with Crippen LogP contribution in [0.15, 0.2) is 73.1 Å². The van der Waals surface area contributed by atoms with Crippen LogP contribution in [0.25, 0.3) is 0 Å². The van der Waals surface area contributed by atoms with Crippen LogP contribution in [0.4, 0.5) is 11.4 Å². The molecular weight excluding hydrogens is 479 g/mol. The van der Waals surface area contributed by atoms with Gasteiger partial charge in [-0.25, -0.2) is 0 Å². The number of aldehydes is 1. The largest absolute Gasteiger partial charge is 0.464 e. The van der Waals surface area contributed by atoms with Crippen molar-refractivity contribution >= 4 is 30.3 Å². The van der Waals surface area contributed by atoms with Gasteiger partial charge in [-0.1, -0.05) is 116 Å². The number of anilines is 2. The molecule has 0 aliphatic carbocycles. The highest BCUT2D eigenvalue weighted by atomic mass is 16.1. The fourth-order valence-electron chi connectivity index (χ4n) is 5.58. The minimum atomic E-state index is -0.595. The first-order chi connectivity index (χ1) is 18.6. The van der Waals surface area contributed by atoms with Crippen molar-refractivity contribution in [2.45, 2.75) is 79.1 Å². The van der Waals surface area contributed by atoms with E-state index >= 15 is 0 Å². The molecule has 4 nitrogen and oxygen atoms in total. The van der Waals surface area contributed by atoms with Crippen molar-refractivity contribution in [3.8, 4) is 0 Å². The molecule has 0 amide bonds. The third kappa shape index (κ3) is 5.45. The molecule has 4 rings (SSSR count). The molecular formula is C34H41BN2O2. The van der Waals surface area contributed by atoms with Crippen LogP contribution in [-0.4, -0.2) is 19.0 Å². The van der Waals surface area contributed by atoms with E-state index in [-0.39, 0.29) is 29.4 Å². The topological polar surface area (TPSA) is 40.6 Å². The van der Waals surface area contributed by atoms with E-state index in [2.05, 4.69) is 114 Å². The Morgan fingerprint density at radius 1 is 0.615 bits per heavy atom. The van der Waals surface area contributed by atoms with Crippen molar-refractivity contribution in [3.63, 3.8) is 0 Å². The Labute approximate surface area is 234 Å². The standard InChI is InChI=1S/C34H41BN2O2/c1-22(2)28-11-9-12-29(23(3)4)32(28)36-19-20-37(33-30(24(5)6)13-10-14-31(33)25(7)8)35(36)34(39)27-17-15-26(21-38)16-18-27/h9-25H,1-8H3. The number of hydrogen-bond donors (Lipinski definition) is 0. The van der Waals surface area contributed by atoms with Gasteiger partial charge in [0.05, 0.1) is 0 Å². The fourth-order valence-corrected chi connectivity index (χ4v) is 5.58. The maximum Gasteiger partial charge on any atom is 0.464 e. The molecule has 39 heavy (non-hydrogen) atoms. The third-order valence-corrected chi connectivity index (χ3v) is 7.68. The van der Waals surface area contributed by atoms with Gasteiger partial charge in [-0.15, -0.1) is 0 Å². The molecule has 1 aliphatic rings. The molecule has 202 valence electrons. The van der Waals surface area contributed by atoms with Crippen LogP contribution in [0.3, 0.4) is 0 Å². The van der Waals surface area contributed by atoms with Gasteiger partial charge in [0.1, 0.15) is 6.29 Å². The molecule has 0 saturated carbocycles. The van der Waals surface area contributed by atoms with Crippen molar-refractivity contribution in [1.82, 2.24) is 0 Å². The summed E-state index contributed by atoms with van der Waals surface area (Å²) in [6, 6.07) is 20.0. The van der Waals surface area contributed by atoms with Gasteiger partial charge >= 0.3 is 6.98 Å². The summed E-state index contributed by atoms with van der Waals surface area (Å²) < 4.78 is 0. The van der Waals surface area contributed by atoms with Crippen molar-refractivity contribution in [2.24, 2.45) is 0 Å². The van der Waals surface area contributed by atoms with E-state index < -0.39 is 6.98 Å². The Morgan fingerprint density at radius 2 is 0.974 bits per heavy atom. The first-order valence-corrected chi connectivity index (χ1v) is 14.2. The predicted molar refractivity (Wildman–Crippen MR) is 165 cm³/mol. The van der Waals surface area contributed by atoms with Crippen LogP contribution in [0.1, 0.15) is 122 Å². The summed E-state index contributed by atoms with van der Waals surface area (Å²) in [4.78, 5) is 30.2. The smallest absolute Gasteiger partial charge is 0.364 e. The average molecular weight is 521 g/mol. The maximum atomic E-state index is 14.5. The van der Waals surface area contributed by atoms with Crippen LogP contribution >= 0.6 is 0 Å². The lowest BCUT2D eigenvalue weighted by atomic mass is 9.63. The SMILES string of the molecule is CC(C)c1cccc(C(C)C)c1N1C=CN(c2c(C(C)C)cccc2C(C)C)B1C(=O)c1ccc(C=O)cc1. The number of carbonyl (C=O) groups is 2. The molecule has 1 aliphatic heterocycles. The highest BCUT2D eigenvalue weighted by Gasteiger charge is 2.44. The second-order valence-corrected chi connectivity index (χ2v) is 11.8. The second-order valence-electron chi connectivity index (χ2n) is 11.8. The van der Waals surface area contributed by atoms with E-state index in [0.29, 0.717) is 11.1 Å². The van der Waals surface area contributed by atoms with Crippen LogP contribution in [0.5, 0.6) is 0 Å². The molecule has 0 radical (unpaired) electrons. The van der Waals surface area contributed by atoms with Gasteiger partial charge < -0.3 is 14.4 Å². The number of hydrogen-bond acceptors (Lipinski definition) is 4. The lowest BCUT2D eigenvalue weighted by Gasteiger charge is -2.35. The van der Waals surface area contributed by atoms with Crippen molar-refractivity contribution < 1.29 is 9.59 Å². The quantitative estimate of drug-likeness (QED) is 0.209. The molecule has 0 saturated heterocycles. The van der Waals surface area contributed by atoms with E-state index in [9.17, 15) is 9.59 Å². The Kier molecular flexibility index (Phi) is 8.49. The molecule has 3 aromatic carbocycles. The maximum absolute atomic E-state index is 14.5. The Balaban J connectivity index is 1.98. The molecule has 5 heteroatoms. The highest BCUT2D eigenvalue weighted by molar-refractivity contribution is 6.98. The first-order valence-electron chi connectivity index (χ1n) is 14.2. The number of carbonyl (C=O) groups excluding carboxylic acids is 2. The monoisotopic (exact) mass is 520 g/mol. The molecule has 1 heterocycles. The molecule has 0 aromatic heterocycles. The van der Waals surface area contributed by atoms with Crippen molar-refractivity contribution in [1.29, 1.82) is 0 Å². The molecule has 0 fully saturated rings. The zero-order chi connectivity index (χ0) is 28.4. The van der Waals surface area contributed by atoms with Gasteiger partial charge in [0.15, 0.2) is 5.68 Å². The van der Waals surface area contributed by atoms with Crippen molar-refractivity contribution in [2.75, 3.05) is 9.62 Å². The summed E-state index contributed by atoms with van der Waals surface area (Å²) in [6.07, 6.45) is 4.97. The zero-order valence-corrected chi connectivity index (χ0v) is 24.6. The highest BCUT2D eigenvalue weighted by Crippen LogP contribution is 2.42. The van der Waals surface area contributed by atoms with Gasteiger partial charge in [0, 0.05) is 34.9 Å². The lowest BCUT2D eigenvalue weighted by molar-refractivity contribution is 0.106. The molecule has 0 unspecified atom stereocenters. The number of para-hydroxylation sites is 2. The Morgan fingerprint density at radius 3 is 1.28 bits per heavy atom. The second kappa shape index (κ2) is 11.7. The van der Waals surface area contributed by atoms with Crippen molar-refractivity contribution in [3.05, 3.63) is 106 Å². The Bertz CT molecular complexity index is 1250. The van der Waals surface area contributed by atoms with Crippen LogP contribution in [-0.2, 0) is 0 Å². The summed E-state index contributed by atoms with van der Waals surface area (Å²) >= 11 is 0. The molecule has 0 N–H and O–H groups in total. The van der Waals surface area contributed by atoms with E-state index in [1.807, 2.05) is 0 Å². The van der Waals surface area contributed by atoms with Crippen LogP contribution in [0, 0.1) is 0 Å². The van der Waals surface area contributed by atoms with Crippen LogP contribution in [0.2, 0.25) is 0 Å². The number of nitrogens with zero attached hydrogens (tertiary/aromatic N) is 2. The minimum absolute atomic E-state index is 0.000945. The van der Waals surface area contributed by atoms with E-state index in [4.69, 9.17) is 0 Å². The fraction of sp³-hybridized carbons (Fsp3) is 0.353. The molecule has 3 aromatic rings. The van der Waals surface area contributed by atoms with E-state index in [1.54, 1.807) is 24.3 Å². The summed E-state index contributed by atoms with van der Waals surface area (Å²) in [5, 5.41) is 0. The lowest BCUT2D eigenvalue weighted by Crippen LogP contribution is -2.52. The average Bonchev–Trinajstić information content (AvgIpc) is 3.36. The van der Waals surface area contributed by atoms with Gasteiger partial charge in [0.2, 0.25) is 0 Å². The number of benzene rings is 3.